The van der Waals surface area contributed by atoms with E-state index in [1.807, 2.05) is 60.7 Å². The van der Waals surface area contributed by atoms with Crippen LogP contribution in [0.1, 0.15) is 15.9 Å². The standard InChI is InChI=1S/C21H20O4/c1-23-18-9-7-15(8-10-18)11-12-25-21(22)19-13-16-5-3-4-6-17(16)14-20(19)24-2/h3-10,13-14H,11-12H2,1-2H3. The zero-order chi connectivity index (χ0) is 17.6. The minimum atomic E-state index is -0.379. The summed E-state index contributed by atoms with van der Waals surface area (Å²) in [5.74, 6) is 0.950. The Labute approximate surface area is 146 Å². The van der Waals surface area contributed by atoms with Crippen LogP contribution in [0.15, 0.2) is 60.7 Å². The summed E-state index contributed by atoms with van der Waals surface area (Å²) < 4.78 is 15.9. The van der Waals surface area contributed by atoms with Crippen LogP contribution in [0.25, 0.3) is 10.8 Å². The Morgan fingerprint density at radius 3 is 2.20 bits per heavy atom. The SMILES string of the molecule is COc1ccc(CCOC(=O)c2cc3ccccc3cc2OC)cc1. The summed E-state index contributed by atoms with van der Waals surface area (Å²) in [4.78, 5) is 12.4. The van der Waals surface area contributed by atoms with E-state index in [1.54, 1.807) is 14.2 Å². The second-order valence-corrected chi connectivity index (χ2v) is 5.63. The molecule has 0 saturated heterocycles. The molecule has 3 aromatic carbocycles. The van der Waals surface area contributed by atoms with Crippen LogP contribution in [0.2, 0.25) is 0 Å². The van der Waals surface area contributed by atoms with Crippen molar-refractivity contribution in [2.75, 3.05) is 20.8 Å². The van der Waals surface area contributed by atoms with Crippen LogP contribution in [-0.2, 0) is 11.2 Å². The Morgan fingerprint density at radius 2 is 1.56 bits per heavy atom. The van der Waals surface area contributed by atoms with Crippen molar-refractivity contribution >= 4 is 16.7 Å². The highest BCUT2D eigenvalue weighted by Crippen LogP contribution is 2.26. The van der Waals surface area contributed by atoms with Gasteiger partial charge in [0.25, 0.3) is 0 Å². The highest BCUT2D eigenvalue weighted by atomic mass is 16.5. The lowest BCUT2D eigenvalue weighted by Gasteiger charge is -2.11. The first-order valence-electron chi connectivity index (χ1n) is 8.08. The van der Waals surface area contributed by atoms with Gasteiger partial charge < -0.3 is 14.2 Å². The number of hydrogen-bond donors (Lipinski definition) is 0. The van der Waals surface area contributed by atoms with Crippen molar-refractivity contribution in [2.24, 2.45) is 0 Å². The fourth-order valence-electron chi connectivity index (χ4n) is 2.68. The van der Waals surface area contributed by atoms with E-state index in [4.69, 9.17) is 14.2 Å². The van der Waals surface area contributed by atoms with Gasteiger partial charge in [0.1, 0.15) is 17.1 Å². The van der Waals surface area contributed by atoms with Gasteiger partial charge in [-0.25, -0.2) is 4.79 Å². The maximum absolute atomic E-state index is 12.4. The predicted octanol–water partition coefficient (Wildman–Crippen LogP) is 4.26. The average molecular weight is 336 g/mol. The highest BCUT2D eigenvalue weighted by molar-refractivity contribution is 5.98. The zero-order valence-corrected chi connectivity index (χ0v) is 14.3. The highest BCUT2D eigenvalue weighted by Gasteiger charge is 2.15. The monoisotopic (exact) mass is 336 g/mol. The molecule has 0 heterocycles. The van der Waals surface area contributed by atoms with Crippen LogP contribution in [0.5, 0.6) is 11.5 Å². The Balaban J connectivity index is 1.68. The smallest absolute Gasteiger partial charge is 0.341 e. The minimum absolute atomic E-state index is 0.307. The Bertz CT molecular complexity index is 869. The summed E-state index contributed by atoms with van der Waals surface area (Å²) in [5.41, 5.74) is 1.52. The lowest BCUT2D eigenvalue weighted by molar-refractivity contribution is 0.0506. The van der Waals surface area contributed by atoms with Gasteiger partial charge in [0, 0.05) is 6.42 Å². The van der Waals surface area contributed by atoms with Crippen LogP contribution in [0.3, 0.4) is 0 Å². The minimum Gasteiger partial charge on any atom is -0.497 e. The third-order valence-electron chi connectivity index (χ3n) is 4.07. The lowest BCUT2D eigenvalue weighted by Crippen LogP contribution is -2.09. The van der Waals surface area contributed by atoms with Crippen molar-refractivity contribution in [3.05, 3.63) is 71.8 Å². The van der Waals surface area contributed by atoms with Gasteiger partial charge in [-0.05, 0) is 40.6 Å². The first-order valence-corrected chi connectivity index (χ1v) is 8.08. The van der Waals surface area contributed by atoms with E-state index in [0.29, 0.717) is 24.3 Å². The fraction of sp³-hybridized carbons (Fsp3) is 0.190. The van der Waals surface area contributed by atoms with Crippen LogP contribution in [-0.4, -0.2) is 26.8 Å². The molecule has 0 bridgehead atoms. The first kappa shape index (κ1) is 16.8. The maximum Gasteiger partial charge on any atom is 0.341 e. The molecule has 4 heteroatoms. The molecule has 128 valence electrons. The van der Waals surface area contributed by atoms with Gasteiger partial charge in [-0.1, -0.05) is 36.4 Å². The molecule has 0 aliphatic rings. The molecule has 3 rings (SSSR count). The second-order valence-electron chi connectivity index (χ2n) is 5.63. The molecule has 0 unspecified atom stereocenters. The number of carbonyl (C=O) groups excluding carboxylic acids is 1. The molecule has 0 aliphatic carbocycles. The van der Waals surface area contributed by atoms with Crippen LogP contribution < -0.4 is 9.47 Å². The van der Waals surface area contributed by atoms with Crippen LogP contribution in [0, 0.1) is 0 Å². The normalized spacial score (nSPS) is 10.5. The number of esters is 1. The molecule has 4 nitrogen and oxygen atoms in total. The van der Waals surface area contributed by atoms with Gasteiger partial charge >= 0.3 is 5.97 Å². The molecule has 0 atom stereocenters. The Kier molecular flexibility index (Phi) is 5.19. The first-order chi connectivity index (χ1) is 12.2. The van der Waals surface area contributed by atoms with Crippen molar-refractivity contribution < 1.29 is 19.0 Å². The van der Waals surface area contributed by atoms with E-state index >= 15 is 0 Å². The molecule has 0 saturated carbocycles. The Morgan fingerprint density at radius 1 is 0.880 bits per heavy atom. The molecule has 3 aromatic rings. The number of benzene rings is 3. The van der Waals surface area contributed by atoms with E-state index < -0.39 is 0 Å². The third kappa shape index (κ3) is 3.91. The van der Waals surface area contributed by atoms with E-state index in [-0.39, 0.29) is 5.97 Å². The molecular formula is C21H20O4. The Hall–Kier alpha value is -3.01. The molecule has 0 aliphatic heterocycles. The second kappa shape index (κ2) is 7.71. The van der Waals surface area contributed by atoms with Gasteiger partial charge in [0.2, 0.25) is 0 Å². The summed E-state index contributed by atoms with van der Waals surface area (Å²) in [6, 6.07) is 19.2. The summed E-state index contributed by atoms with van der Waals surface area (Å²) >= 11 is 0. The number of rotatable bonds is 6. The van der Waals surface area contributed by atoms with Gasteiger partial charge in [-0.15, -0.1) is 0 Å². The van der Waals surface area contributed by atoms with Crippen LogP contribution >= 0.6 is 0 Å². The molecule has 0 N–H and O–H groups in total. The number of fused-ring (bicyclic) bond motifs is 1. The quantitative estimate of drug-likeness (QED) is 0.631. The van der Waals surface area contributed by atoms with E-state index in [9.17, 15) is 4.79 Å². The van der Waals surface area contributed by atoms with E-state index in [2.05, 4.69) is 0 Å². The van der Waals surface area contributed by atoms with Gasteiger partial charge in [-0.2, -0.15) is 0 Å². The molecule has 0 aromatic heterocycles. The van der Waals surface area contributed by atoms with E-state index in [0.717, 1.165) is 22.1 Å². The summed E-state index contributed by atoms with van der Waals surface area (Å²) in [5, 5.41) is 2.00. The van der Waals surface area contributed by atoms with Crippen molar-refractivity contribution in [3.8, 4) is 11.5 Å². The van der Waals surface area contributed by atoms with Crippen molar-refractivity contribution in [1.29, 1.82) is 0 Å². The van der Waals surface area contributed by atoms with Crippen molar-refractivity contribution in [3.63, 3.8) is 0 Å². The topological polar surface area (TPSA) is 44.8 Å². The third-order valence-corrected chi connectivity index (χ3v) is 4.07. The molecule has 0 amide bonds. The number of carbonyl (C=O) groups is 1. The van der Waals surface area contributed by atoms with Crippen molar-refractivity contribution in [1.82, 2.24) is 0 Å². The molecule has 25 heavy (non-hydrogen) atoms. The zero-order valence-electron chi connectivity index (χ0n) is 14.3. The van der Waals surface area contributed by atoms with Crippen molar-refractivity contribution in [2.45, 2.75) is 6.42 Å². The summed E-state index contributed by atoms with van der Waals surface area (Å²) in [6.07, 6.45) is 0.644. The lowest BCUT2D eigenvalue weighted by atomic mass is 10.1. The molecular weight excluding hydrogens is 316 g/mol. The molecule has 0 radical (unpaired) electrons. The number of ether oxygens (including phenoxy) is 3. The largest absolute Gasteiger partial charge is 0.497 e. The average Bonchev–Trinajstić information content (AvgIpc) is 2.67. The summed E-state index contributed by atoms with van der Waals surface area (Å²) in [7, 11) is 3.19. The summed E-state index contributed by atoms with van der Waals surface area (Å²) in [6.45, 7) is 0.307. The molecule has 0 fully saturated rings. The number of methoxy groups -OCH3 is 2. The maximum atomic E-state index is 12.4. The molecule has 0 spiro atoms. The predicted molar refractivity (Wildman–Crippen MR) is 97.5 cm³/mol. The fourth-order valence-corrected chi connectivity index (χ4v) is 2.68. The number of hydrogen-bond acceptors (Lipinski definition) is 4. The van der Waals surface area contributed by atoms with Gasteiger partial charge in [0.05, 0.1) is 20.8 Å². The van der Waals surface area contributed by atoms with E-state index in [1.165, 1.54) is 0 Å². The van der Waals surface area contributed by atoms with Gasteiger partial charge in [0.15, 0.2) is 0 Å². The van der Waals surface area contributed by atoms with Gasteiger partial charge in [-0.3, -0.25) is 0 Å². The van der Waals surface area contributed by atoms with Crippen LogP contribution in [0.4, 0.5) is 0 Å².